The Morgan fingerprint density at radius 3 is 0.907 bits per heavy atom. The summed E-state index contributed by atoms with van der Waals surface area (Å²) < 4.78 is 16.8. The second kappa shape index (κ2) is 62.4. The molecule has 0 aliphatic rings. The van der Waals surface area contributed by atoms with Gasteiger partial charge in [0.05, 0.1) is 0 Å². The number of carbonyl (C=O) groups is 3. The van der Waals surface area contributed by atoms with E-state index in [0.717, 1.165) is 103 Å². The Balaban J connectivity index is 4.52. The normalized spacial score (nSPS) is 12.9. The Labute approximate surface area is 462 Å². The van der Waals surface area contributed by atoms with Gasteiger partial charge in [0, 0.05) is 19.3 Å². The first kappa shape index (κ1) is 70.8. The van der Waals surface area contributed by atoms with Crippen molar-refractivity contribution in [3.63, 3.8) is 0 Å². The summed E-state index contributed by atoms with van der Waals surface area (Å²) in [6, 6.07) is 0. The van der Waals surface area contributed by atoms with Gasteiger partial charge >= 0.3 is 17.9 Å². The van der Waals surface area contributed by atoms with Crippen molar-refractivity contribution in [3.8, 4) is 0 Å². The molecular weight excluding hydrogens is 925 g/mol. The zero-order valence-electron chi connectivity index (χ0n) is 48.8. The summed E-state index contributed by atoms with van der Waals surface area (Å²) in [4.78, 5) is 38.3. The van der Waals surface area contributed by atoms with Gasteiger partial charge in [-0.05, 0) is 122 Å². The first-order valence-corrected chi connectivity index (χ1v) is 31.0. The second-order valence-electron chi connectivity index (χ2n) is 20.2. The number of esters is 3. The van der Waals surface area contributed by atoms with Crippen LogP contribution in [0, 0.1) is 0 Å². The molecule has 0 saturated carbocycles. The number of rotatable bonds is 55. The Kier molecular flexibility index (Phi) is 58.9. The van der Waals surface area contributed by atoms with Crippen LogP contribution in [0.1, 0.15) is 278 Å². The Bertz CT molecular complexity index is 1570. The molecular formula is C69H114O6. The lowest BCUT2D eigenvalue weighted by molar-refractivity contribution is -0.166. The van der Waals surface area contributed by atoms with E-state index >= 15 is 0 Å². The van der Waals surface area contributed by atoms with Crippen LogP contribution in [0.3, 0.4) is 0 Å². The molecule has 0 amide bonds. The second-order valence-corrected chi connectivity index (χ2v) is 20.2. The lowest BCUT2D eigenvalue weighted by atomic mass is 10.0. The van der Waals surface area contributed by atoms with Crippen molar-refractivity contribution in [3.05, 3.63) is 122 Å². The number of carbonyl (C=O) groups excluding carboxylic acids is 3. The predicted octanol–water partition coefficient (Wildman–Crippen LogP) is 21.2. The van der Waals surface area contributed by atoms with Crippen LogP contribution < -0.4 is 0 Å². The van der Waals surface area contributed by atoms with Gasteiger partial charge in [0.1, 0.15) is 13.2 Å². The van der Waals surface area contributed by atoms with E-state index < -0.39 is 12.1 Å². The zero-order chi connectivity index (χ0) is 54.3. The van der Waals surface area contributed by atoms with Gasteiger partial charge in [0.15, 0.2) is 6.10 Å². The topological polar surface area (TPSA) is 78.9 Å². The van der Waals surface area contributed by atoms with E-state index in [9.17, 15) is 14.4 Å². The highest BCUT2D eigenvalue weighted by molar-refractivity contribution is 5.71. The Hall–Kier alpha value is -4.19. The zero-order valence-corrected chi connectivity index (χ0v) is 48.8. The highest BCUT2D eigenvalue weighted by atomic mass is 16.6. The van der Waals surface area contributed by atoms with E-state index in [-0.39, 0.29) is 31.6 Å². The maximum Gasteiger partial charge on any atom is 0.306 e. The van der Waals surface area contributed by atoms with Crippen LogP contribution in [-0.2, 0) is 28.6 Å². The van der Waals surface area contributed by atoms with Crippen molar-refractivity contribution >= 4 is 17.9 Å². The molecule has 0 bridgehead atoms. The maximum absolute atomic E-state index is 12.9. The molecule has 1 atom stereocenters. The summed E-state index contributed by atoms with van der Waals surface area (Å²) in [7, 11) is 0. The molecule has 75 heavy (non-hydrogen) atoms. The van der Waals surface area contributed by atoms with E-state index in [4.69, 9.17) is 14.2 Å². The molecule has 0 saturated heterocycles. The van der Waals surface area contributed by atoms with Crippen molar-refractivity contribution in [2.75, 3.05) is 13.2 Å². The fourth-order valence-corrected chi connectivity index (χ4v) is 8.29. The summed E-state index contributed by atoms with van der Waals surface area (Å²) in [6.07, 6.45) is 86.4. The molecule has 0 aliphatic carbocycles. The monoisotopic (exact) mass is 1040 g/mol. The average Bonchev–Trinajstić information content (AvgIpc) is 3.41. The Morgan fingerprint density at radius 2 is 0.547 bits per heavy atom. The number of unbranched alkanes of at least 4 members (excludes halogenated alkanes) is 24. The molecule has 0 aromatic rings. The summed E-state index contributed by atoms with van der Waals surface area (Å²) in [5.74, 6) is -1.02. The smallest absolute Gasteiger partial charge is 0.306 e. The summed E-state index contributed by atoms with van der Waals surface area (Å²) in [6.45, 7) is 6.42. The number of allylic oxidation sites excluding steroid dienone is 20. The third-order valence-electron chi connectivity index (χ3n) is 12.9. The van der Waals surface area contributed by atoms with E-state index in [0.29, 0.717) is 19.3 Å². The van der Waals surface area contributed by atoms with Crippen molar-refractivity contribution in [1.29, 1.82) is 0 Å². The summed E-state index contributed by atoms with van der Waals surface area (Å²) in [5, 5.41) is 0. The van der Waals surface area contributed by atoms with Gasteiger partial charge in [-0.2, -0.15) is 0 Å². The van der Waals surface area contributed by atoms with Gasteiger partial charge < -0.3 is 14.2 Å². The molecule has 0 spiro atoms. The molecule has 0 fully saturated rings. The van der Waals surface area contributed by atoms with Crippen LogP contribution in [0.4, 0.5) is 0 Å². The van der Waals surface area contributed by atoms with Crippen LogP contribution in [-0.4, -0.2) is 37.2 Å². The third-order valence-corrected chi connectivity index (χ3v) is 12.9. The molecule has 426 valence electrons. The van der Waals surface area contributed by atoms with Gasteiger partial charge in [-0.3, -0.25) is 14.4 Å². The van der Waals surface area contributed by atoms with Crippen molar-refractivity contribution in [1.82, 2.24) is 0 Å². The third kappa shape index (κ3) is 60.6. The van der Waals surface area contributed by atoms with Crippen LogP contribution in [0.5, 0.6) is 0 Å². The average molecular weight is 1040 g/mol. The van der Waals surface area contributed by atoms with Crippen LogP contribution in [0.2, 0.25) is 0 Å². The minimum Gasteiger partial charge on any atom is -0.462 e. The molecule has 6 heteroatoms. The number of hydrogen-bond acceptors (Lipinski definition) is 6. The van der Waals surface area contributed by atoms with Gasteiger partial charge in [-0.1, -0.05) is 258 Å². The highest BCUT2D eigenvalue weighted by Crippen LogP contribution is 2.15. The molecule has 0 N–H and O–H groups in total. The van der Waals surface area contributed by atoms with E-state index in [1.165, 1.54) is 128 Å². The molecule has 0 aromatic carbocycles. The van der Waals surface area contributed by atoms with Gasteiger partial charge in [-0.25, -0.2) is 0 Å². The minimum absolute atomic E-state index is 0.118. The maximum atomic E-state index is 12.9. The molecule has 0 rings (SSSR count). The molecule has 6 nitrogen and oxygen atoms in total. The van der Waals surface area contributed by atoms with E-state index in [1.54, 1.807) is 0 Å². The molecule has 0 unspecified atom stereocenters. The molecule has 0 radical (unpaired) electrons. The van der Waals surface area contributed by atoms with Crippen molar-refractivity contribution < 1.29 is 28.6 Å². The first-order chi connectivity index (χ1) is 37.0. The molecule has 0 aliphatic heterocycles. The lowest BCUT2D eigenvalue weighted by Gasteiger charge is -2.18. The lowest BCUT2D eigenvalue weighted by Crippen LogP contribution is -2.30. The largest absolute Gasteiger partial charge is 0.462 e. The Morgan fingerprint density at radius 1 is 0.280 bits per heavy atom. The summed E-state index contributed by atoms with van der Waals surface area (Å²) >= 11 is 0. The predicted molar refractivity (Wildman–Crippen MR) is 325 cm³/mol. The number of hydrogen-bond donors (Lipinski definition) is 0. The fraction of sp³-hybridized carbons (Fsp3) is 0.667. The van der Waals surface area contributed by atoms with Crippen LogP contribution in [0.25, 0.3) is 0 Å². The molecule has 0 aromatic heterocycles. The highest BCUT2D eigenvalue weighted by Gasteiger charge is 2.19. The van der Waals surface area contributed by atoms with Crippen LogP contribution >= 0.6 is 0 Å². The van der Waals surface area contributed by atoms with E-state index in [1.807, 2.05) is 6.08 Å². The van der Waals surface area contributed by atoms with Gasteiger partial charge in [0.25, 0.3) is 0 Å². The quantitative estimate of drug-likeness (QED) is 0.0261. The van der Waals surface area contributed by atoms with E-state index in [2.05, 4.69) is 136 Å². The first-order valence-electron chi connectivity index (χ1n) is 31.0. The molecule has 0 heterocycles. The number of ether oxygens (including phenoxy) is 3. The summed E-state index contributed by atoms with van der Waals surface area (Å²) in [5.41, 5.74) is 0. The van der Waals surface area contributed by atoms with Crippen molar-refractivity contribution in [2.45, 2.75) is 284 Å². The standard InChI is InChI=1S/C69H114O6/c1-4-7-10-13-16-19-22-25-28-31-33-34-36-38-41-44-47-50-53-56-59-62-68(71)74-65-66(64-73-67(70)61-58-55-52-49-46-43-40-37-30-27-24-21-18-15-12-9-6-3)75-69(72)63-60-57-54-51-48-45-42-39-35-32-29-26-23-20-17-14-11-8-5-2/h9,12,17-18,20-21,25-30,35,39-40,43,45,48,54,57,66H,4-8,10-11,13-16,19,22-24,31-34,36-38,41-42,44,46-47,49-53,55-56,58-65H2,1-3H3/b12-9-,20-17-,21-18-,28-25-,29-26-,30-27-,39-35-,43-40-,48-45-,57-54-/t66-/m1/s1. The SMILES string of the molecule is CC/C=C\C/C=C\C/C=C\C/C=C\CCCCCCC(=O)OC[C@H](COC(=O)CCCCCCCCCCCCC/C=C\CCCCCCCC)OC(=O)CC/C=C\C/C=C\C/C=C\C/C=C\C/C=C\CCCCC. The van der Waals surface area contributed by atoms with Gasteiger partial charge in [0.2, 0.25) is 0 Å². The fourth-order valence-electron chi connectivity index (χ4n) is 8.29. The minimum atomic E-state index is -0.833. The van der Waals surface area contributed by atoms with Crippen LogP contribution in [0.15, 0.2) is 122 Å². The van der Waals surface area contributed by atoms with Crippen molar-refractivity contribution in [2.24, 2.45) is 0 Å². The van der Waals surface area contributed by atoms with Gasteiger partial charge in [-0.15, -0.1) is 0 Å².